The number of pyridine rings is 2. The van der Waals surface area contributed by atoms with Crippen molar-refractivity contribution < 1.29 is 4.74 Å². The number of aryl methyl sites for hydroxylation is 1. The van der Waals surface area contributed by atoms with E-state index < -0.39 is 0 Å². The quantitative estimate of drug-likeness (QED) is 0.937. The first kappa shape index (κ1) is 15.5. The van der Waals surface area contributed by atoms with Crippen molar-refractivity contribution in [2.24, 2.45) is 0 Å². The van der Waals surface area contributed by atoms with E-state index in [2.05, 4.69) is 38.4 Å². The van der Waals surface area contributed by atoms with Gasteiger partial charge in [0, 0.05) is 44.1 Å². The third-order valence-electron chi connectivity index (χ3n) is 4.97. The van der Waals surface area contributed by atoms with E-state index in [-0.39, 0.29) is 5.60 Å². The Balaban J connectivity index is 1.34. The molecule has 5 heteroatoms. The molecule has 2 atom stereocenters. The number of hydrogen-bond acceptors (Lipinski definition) is 5. The maximum atomic E-state index is 6.23. The second-order valence-electron chi connectivity index (χ2n) is 7.01. The third-order valence-corrected chi connectivity index (χ3v) is 4.97. The van der Waals surface area contributed by atoms with Gasteiger partial charge in [-0.05, 0) is 37.6 Å². The summed E-state index contributed by atoms with van der Waals surface area (Å²) in [5.41, 5.74) is 3.31. The Labute approximate surface area is 143 Å². The summed E-state index contributed by atoms with van der Waals surface area (Å²) >= 11 is 0. The second-order valence-corrected chi connectivity index (χ2v) is 7.01. The SMILES string of the molecule is Cc1cccc(CN2CCC3(CC(Nc4cccnc4)CO3)C2)n1. The normalized spacial score (nSPS) is 27.0. The van der Waals surface area contributed by atoms with Gasteiger partial charge in [0.2, 0.25) is 0 Å². The lowest BCUT2D eigenvalue weighted by molar-refractivity contribution is 0.0119. The van der Waals surface area contributed by atoms with Crippen molar-refractivity contribution in [2.75, 3.05) is 25.0 Å². The number of aromatic nitrogens is 2. The molecule has 1 N–H and O–H groups in total. The molecule has 2 aromatic heterocycles. The van der Waals surface area contributed by atoms with Crippen LogP contribution in [0.1, 0.15) is 24.2 Å². The number of rotatable bonds is 4. The highest BCUT2D eigenvalue weighted by atomic mass is 16.5. The van der Waals surface area contributed by atoms with Crippen LogP contribution in [0.2, 0.25) is 0 Å². The lowest BCUT2D eigenvalue weighted by Crippen LogP contribution is -2.33. The van der Waals surface area contributed by atoms with Crippen molar-refractivity contribution in [2.45, 2.75) is 38.0 Å². The monoisotopic (exact) mass is 324 g/mol. The molecule has 0 radical (unpaired) electrons. The van der Waals surface area contributed by atoms with Crippen molar-refractivity contribution in [1.29, 1.82) is 0 Å². The molecule has 1 spiro atoms. The standard InChI is InChI=1S/C19H24N4O/c1-15-4-2-5-17(21-15)12-23-9-7-19(14-23)10-18(13-24-19)22-16-6-3-8-20-11-16/h2-6,8,11,18,22H,7,9-10,12-14H2,1H3. The first-order valence-electron chi connectivity index (χ1n) is 8.66. The largest absolute Gasteiger partial charge is 0.379 e. The fraction of sp³-hybridized carbons (Fsp3) is 0.474. The fourth-order valence-electron chi connectivity index (χ4n) is 3.88. The van der Waals surface area contributed by atoms with Gasteiger partial charge in [0.15, 0.2) is 0 Å². The minimum Gasteiger partial charge on any atom is -0.379 e. The van der Waals surface area contributed by atoms with Gasteiger partial charge in [-0.1, -0.05) is 6.07 Å². The van der Waals surface area contributed by atoms with E-state index in [1.54, 1.807) is 6.20 Å². The number of nitrogens with one attached hydrogen (secondary N) is 1. The van der Waals surface area contributed by atoms with Gasteiger partial charge in [-0.25, -0.2) is 0 Å². The minimum absolute atomic E-state index is 0.00367. The van der Waals surface area contributed by atoms with E-state index >= 15 is 0 Å². The van der Waals surface area contributed by atoms with Gasteiger partial charge < -0.3 is 10.1 Å². The smallest absolute Gasteiger partial charge is 0.0842 e. The summed E-state index contributed by atoms with van der Waals surface area (Å²) in [6, 6.07) is 10.6. The molecule has 4 rings (SSSR count). The Bertz CT molecular complexity index is 693. The molecule has 24 heavy (non-hydrogen) atoms. The maximum Gasteiger partial charge on any atom is 0.0842 e. The van der Waals surface area contributed by atoms with Crippen molar-refractivity contribution in [3.63, 3.8) is 0 Å². The molecular formula is C19H24N4O. The van der Waals surface area contributed by atoms with Crippen LogP contribution < -0.4 is 5.32 Å². The lowest BCUT2D eigenvalue weighted by Gasteiger charge is -2.23. The molecule has 2 fully saturated rings. The van der Waals surface area contributed by atoms with Crippen LogP contribution in [0.15, 0.2) is 42.7 Å². The van der Waals surface area contributed by atoms with Crippen LogP contribution >= 0.6 is 0 Å². The molecule has 0 amide bonds. The van der Waals surface area contributed by atoms with Crippen LogP contribution in [0.4, 0.5) is 5.69 Å². The zero-order chi connectivity index (χ0) is 16.4. The van der Waals surface area contributed by atoms with Crippen molar-refractivity contribution in [3.05, 3.63) is 54.1 Å². The number of nitrogens with zero attached hydrogens (tertiary/aromatic N) is 3. The summed E-state index contributed by atoms with van der Waals surface area (Å²) in [7, 11) is 0. The number of hydrogen-bond donors (Lipinski definition) is 1. The van der Waals surface area contributed by atoms with Crippen LogP contribution in [0.5, 0.6) is 0 Å². The van der Waals surface area contributed by atoms with Crippen molar-refractivity contribution >= 4 is 5.69 Å². The van der Waals surface area contributed by atoms with Gasteiger partial charge in [0.25, 0.3) is 0 Å². The number of anilines is 1. The van der Waals surface area contributed by atoms with E-state index in [0.717, 1.165) is 56.2 Å². The Morgan fingerprint density at radius 2 is 2.29 bits per heavy atom. The number of likely N-dealkylation sites (tertiary alicyclic amines) is 1. The molecule has 0 saturated carbocycles. The molecule has 4 heterocycles. The Kier molecular flexibility index (Phi) is 4.21. The average Bonchev–Trinajstić information content (AvgIpc) is 3.15. The van der Waals surface area contributed by atoms with Crippen LogP contribution in [0.3, 0.4) is 0 Å². The first-order valence-corrected chi connectivity index (χ1v) is 8.66. The third kappa shape index (κ3) is 3.42. The van der Waals surface area contributed by atoms with Gasteiger partial charge in [0.1, 0.15) is 0 Å². The summed E-state index contributed by atoms with van der Waals surface area (Å²) < 4.78 is 6.23. The van der Waals surface area contributed by atoms with E-state index in [0.29, 0.717) is 6.04 Å². The van der Waals surface area contributed by atoms with E-state index in [4.69, 9.17) is 4.74 Å². The molecule has 2 unspecified atom stereocenters. The maximum absolute atomic E-state index is 6.23. The molecule has 126 valence electrons. The van der Waals surface area contributed by atoms with Gasteiger partial charge >= 0.3 is 0 Å². The Hall–Kier alpha value is -1.98. The Morgan fingerprint density at radius 3 is 3.12 bits per heavy atom. The summed E-state index contributed by atoms with van der Waals surface area (Å²) in [6.45, 7) is 5.80. The van der Waals surface area contributed by atoms with Crippen LogP contribution in [0, 0.1) is 6.92 Å². The topological polar surface area (TPSA) is 50.3 Å². The zero-order valence-electron chi connectivity index (χ0n) is 14.1. The predicted octanol–water partition coefficient (Wildman–Crippen LogP) is 2.63. The minimum atomic E-state index is 0.00367. The molecule has 2 aromatic rings. The predicted molar refractivity (Wildman–Crippen MR) is 93.8 cm³/mol. The van der Waals surface area contributed by atoms with Gasteiger partial charge in [0.05, 0.1) is 29.6 Å². The first-order chi connectivity index (χ1) is 11.7. The van der Waals surface area contributed by atoms with E-state index in [1.165, 1.54) is 0 Å². The molecule has 0 aromatic carbocycles. The summed E-state index contributed by atoms with van der Waals surface area (Å²) in [6.07, 6.45) is 5.82. The van der Waals surface area contributed by atoms with E-state index in [1.807, 2.05) is 25.3 Å². The molecular weight excluding hydrogens is 300 g/mol. The highest BCUT2D eigenvalue weighted by Crippen LogP contribution is 2.36. The van der Waals surface area contributed by atoms with Gasteiger partial charge in [-0.3, -0.25) is 14.9 Å². The van der Waals surface area contributed by atoms with Gasteiger partial charge in [-0.15, -0.1) is 0 Å². The van der Waals surface area contributed by atoms with Crippen LogP contribution in [0.25, 0.3) is 0 Å². The fourth-order valence-corrected chi connectivity index (χ4v) is 3.88. The summed E-state index contributed by atoms with van der Waals surface area (Å²) in [4.78, 5) is 11.3. The highest BCUT2D eigenvalue weighted by Gasteiger charge is 2.45. The molecule has 2 aliphatic rings. The van der Waals surface area contributed by atoms with Crippen LogP contribution in [-0.4, -0.2) is 46.2 Å². The van der Waals surface area contributed by atoms with Gasteiger partial charge in [-0.2, -0.15) is 0 Å². The second kappa shape index (κ2) is 6.49. The van der Waals surface area contributed by atoms with Crippen molar-refractivity contribution in [3.8, 4) is 0 Å². The van der Waals surface area contributed by atoms with Crippen molar-refractivity contribution in [1.82, 2.24) is 14.9 Å². The molecule has 0 bridgehead atoms. The molecule has 0 aliphatic carbocycles. The molecule has 5 nitrogen and oxygen atoms in total. The lowest BCUT2D eigenvalue weighted by atomic mass is 9.97. The summed E-state index contributed by atoms with van der Waals surface area (Å²) in [5, 5.41) is 3.55. The Morgan fingerprint density at radius 1 is 1.33 bits per heavy atom. The molecule has 2 saturated heterocycles. The summed E-state index contributed by atoms with van der Waals surface area (Å²) in [5.74, 6) is 0. The average molecular weight is 324 g/mol. The number of ether oxygens (including phenoxy) is 1. The zero-order valence-corrected chi connectivity index (χ0v) is 14.1. The van der Waals surface area contributed by atoms with Crippen LogP contribution in [-0.2, 0) is 11.3 Å². The highest BCUT2D eigenvalue weighted by molar-refractivity contribution is 5.41. The molecule has 2 aliphatic heterocycles. The van der Waals surface area contributed by atoms with E-state index in [9.17, 15) is 0 Å².